The molecule has 2 aromatic carbocycles. The van der Waals surface area contributed by atoms with Crippen LogP contribution >= 0.6 is 11.6 Å². The summed E-state index contributed by atoms with van der Waals surface area (Å²) >= 11 is 6.01. The molecular formula is C23H22ClN5O3. The van der Waals surface area contributed by atoms with Crippen molar-refractivity contribution < 1.29 is 14.6 Å². The fraction of sp³-hybridized carbons (Fsp3) is 0.130. The van der Waals surface area contributed by atoms with Gasteiger partial charge < -0.3 is 15.7 Å². The van der Waals surface area contributed by atoms with Crippen LogP contribution in [0.2, 0.25) is 5.02 Å². The number of fused-ring (bicyclic) bond motifs is 1. The van der Waals surface area contributed by atoms with Crippen LogP contribution in [0.3, 0.4) is 0 Å². The molecule has 32 heavy (non-hydrogen) atoms. The van der Waals surface area contributed by atoms with E-state index in [9.17, 15) is 9.90 Å². The number of allylic oxidation sites excluding steroid dienone is 1. The van der Waals surface area contributed by atoms with Gasteiger partial charge in [0.1, 0.15) is 5.71 Å². The Hall–Kier alpha value is -3.91. The van der Waals surface area contributed by atoms with Crippen molar-refractivity contribution in [2.45, 2.75) is 13.8 Å². The first-order valence-corrected chi connectivity index (χ1v) is 10.0. The fourth-order valence-electron chi connectivity index (χ4n) is 3.25. The van der Waals surface area contributed by atoms with Gasteiger partial charge in [-0.3, -0.25) is 4.99 Å². The summed E-state index contributed by atoms with van der Waals surface area (Å²) < 4.78 is 4.84. The quantitative estimate of drug-likeness (QED) is 0.301. The highest BCUT2D eigenvalue weighted by Crippen LogP contribution is 2.38. The highest BCUT2D eigenvalue weighted by Gasteiger charge is 2.34. The van der Waals surface area contributed by atoms with Crippen LogP contribution in [0.4, 0.5) is 5.69 Å². The molecule has 0 amide bonds. The third kappa shape index (κ3) is 4.40. The fourth-order valence-corrected chi connectivity index (χ4v) is 3.44. The summed E-state index contributed by atoms with van der Waals surface area (Å²) in [7, 11) is 1.24. The van der Waals surface area contributed by atoms with E-state index in [2.05, 4.69) is 15.2 Å². The van der Waals surface area contributed by atoms with Crippen LogP contribution < -0.4 is 5.84 Å². The SMILES string of the molecule is C/C=N\N1C(C(=O)OC)=C(O)c2ccc(/C(C=Nc3cccc(Cl)c3)=N/N)cc2/C1=C\C. The molecule has 0 spiro atoms. The van der Waals surface area contributed by atoms with Crippen molar-refractivity contribution in [1.29, 1.82) is 0 Å². The maximum Gasteiger partial charge on any atom is 0.360 e. The van der Waals surface area contributed by atoms with Crippen LogP contribution in [0.15, 0.2) is 69.4 Å². The molecule has 1 aliphatic heterocycles. The molecule has 0 aliphatic carbocycles. The number of aliphatic hydroxyl groups excluding tert-OH is 1. The lowest BCUT2D eigenvalue weighted by atomic mass is 9.93. The van der Waals surface area contributed by atoms with Crippen LogP contribution in [0.1, 0.15) is 30.5 Å². The molecule has 0 saturated carbocycles. The lowest BCUT2D eigenvalue weighted by molar-refractivity contribution is -0.137. The van der Waals surface area contributed by atoms with E-state index in [-0.39, 0.29) is 11.5 Å². The lowest BCUT2D eigenvalue weighted by Gasteiger charge is -2.30. The second kappa shape index (κ2) is 9.93. The van der Waals surface area contributed by atoms with Gasteiger partial charge in [0.15, 0.2) is 11.5 Å². The number of ether oxygens (including phenoxy) is 1. The Morgan fingerprint density at radius 2 is 1.97 bits per heavy atom. The van der Waals surface area contributed by atoms with Gasteiger partial charge in [-0.05, 0) is 44.2 Å². The Balaban J connectivity index is 2.11. The first-order valence-electron chi connectivity index (χ1n) is 9.64. The van der Waals surface area contributed by atoms with Gasteiger partial charge in [0.25, 0.3) is 0 Å². The van der Waals surface area contributed by atoms with Crippen molar-refractivity contribution >= 4 is 52.9 Å². The molecule has 3 rings (SSSR count). The Kier molecular flexibility index (Phi) is 7.07. The number of carbonyl (C=O) groups excluding carboxylic acids is 1. The highest BCUT2D eigenvalue weighted by atomic mass is 35.5. The molecule has 8 nitrogen and oxygen atoms in total. The number of esters is 1. The maximum atomic E-state index is 12.4. The van der Waals surface area contributed by atoms with Gasteiger partial charge in [-0.1, -0.05) is 29.8 Å². The summed E-state index contributed by atoms with van der Waals surface area (Å²) in [5.41, 5.74) is 3.32. The van der Waals surface area contributed by atoms with E-state index in [1.807, 2.05) is 0 Å². The number of hydrogen-bond acceptors (Lipinski definition) is 8. The molecule has 2 aromatic rings. The minimum Gasteiger partial charge on any atom is -0.505 e. The molecule has 0 unspecified atom stereocenters. The molecule has 0 fully saturated rings. The van der Waals surface area contributed by atoms with E-state index in [1.165, 1.54) is 24.5 Å². The molecule has 0 atom stereocenters. The number of hydrogen-bond donors (Lipinski definition) is 2. The second-order valence-electron chi connectivity index (χ2n) is 6.56. The van der Waals surface area contributed by atoms with Crippen molar-refractivity contribution in [3.63, 3.8) is 0 Å². The summed E-state index contributed by atoms with van der Waals surface area (Å²) in [5.74, 6) is 4.68. The smallest absolute Gasteiger partial charge is 0.360 e. The predicted octanol–water partition coefficient (Wildman–Crippen LogP) is 4.49. The topological polar surface area (TPSA) is 113 Å². The third-order valence-electron chi connectivity index (χ3n) is 4.68. The molecular weight excluding hydrogens is 430 g/mol. The molecule has 9 heteroatoms. The zero-order chi connectivity index (χ0) is 23.3. The number of benzene rings is 2. The number of halogens is 1. The van der Waals surface area contributed by atoms with Crippen LogP contribution in [0.25, 0.3) is 11.5 Å². The van der Waals surface area contributed by atoms with Crippen LogP contribution in [0.5, 0.6) is 0 Å². The number of aliphatic imine (C=N–C) groups is 1. The van der Waals surface area contributed by atoms with E-state index >= 15 is 0 Å². The first-order chi connectivity index (χ1) is 15.4. The number of aliphatic hydroxyl groups is 1. The average Bonchev–Trinajstić information content (AvgIpc) is 2.79. The van der Waals surface area contributed by atoms with Crippen molar-refractivity contribution in [3.05, 3.63) is 76.0 Å². The summed E-state index contributed by atoms with van der Waals surface area (Å²) in [4.78, 5) is 16.7. The molecule has 164 valence electrons. The Morgan fingerprint density at radius 3 is 2.59 bits per heavy atom. The molecule has 1 heterocycles. The zero-order valence-electron chi connectivity index (χ0n) is 17.8. The van der Waals surface area contributed by atoms with Crippen molar-refractivity contribution in [3.8, 4) is 0 Å². The maximum absolute atomic E-state index is 12.4. The van der Waals surface area contributed by atoms with Gasteiger partial charge in [0, 0.05) is 27.9 Å². The van der Waals surface area contributed by atoms with Crippen molar-refractivity contribution in [2.24, 2.45) is 21.0 Å². The first kappa shape index (κ1) is 22.8. The summed E-state index contributed by atoms with van der Waals surface area (Å²) in [6, 6.07) is 12.3. The van der Waals surface area contributed by atoms with Crippen molar-refractivity contribution in [2.75, 3.05) is 7.11 Å². The van der Waals surface area contributed by atoms with Gasteiger partial charge in [0.05, 0.1) is 24.7 Å². The predicted molar refractivity (Wildman–Crippen MR) is 128 cm³/mol. The van der Waals surface area contributed by atoms with E-state index in [0.29, 0.717) is 38.8 Å². The normalized spacial score (nSPS) is 15.7. The van der Waals surface area contributed by atoms with E-state index < -0.39 is 5.97 Å². The van der Waals surface area contributed by atoms with Gasteiger partial charge in [-0.2, -0.15) is 10.2 Å². The zero-order valence-corrected chi connectivity index (χ0v) is 18.5. The lowest BCUT2D eigenvalue weighted by Crippen LogP contribution is -2.28. The standard InChI is InChI=1S/C23H22ClN5O3/c1-4-20-18-11-14(19(28-25)13-26-16-8-6-7-15(24)12-16)9-10-17(18)22(30)21(23(31)32-3)29(20)27-5-2/h4-13,30H,25H2,1-3H3/b20-4+,26-13?,27-5-,28-19+. The minimum absolute atomic E-state index is 0.0748. The van der Waals surface area contributed by atoms with E-state index in [1.54, 1.807) is 62.4 Å². The highest BCUT2D eigenvalue weighted by molar-refractivity contribution is 6.38. The summed E-state index contributed by atoms with van der Waals surface area (Å²) in [6.07, 6.45) is 4.83. The molecule has 3 N–H and O–H groups in total. The van der Waals surface area contributed by atoms with E-state index in [0.717, 1.165) is 0 Å². The van der Waals surface area contributed by atoms with Gasteiger partial charge in [0.2, 0.25) is 0 Å². The van der Waals surface area contributed by atoms with Crippen LogP contribution in [-0.2, 0) is 9.53 Å². The molecule has 0 radical (unpaired) electrons. The molecule has 0 bridgehead atoms. The Bertz CT molecular complexity index is 1200. The van der Waals surface area contributed by atoms with Gasteiger partial charge >= 0.3 is 5.97 Å². The van der Waals surface area contributed by atoms with Crippen LogP contribution in [-0.4, -0.2) is 41.3 Å². The van der Waals surface area contributed by atoms with Gasteiger partial charge in [-0.25, -0.2) is 9.80 Å². The molecule has 1 aliphatic rings. The number of nitrogens with zero attached hydrogens (tertiary/aromatic N) is 4. The number of nitrogens with two attached hydrogens (primary N) is 1. The number of carbonyl (C=O) groups is 1. The van der Waals surface area contributed by atoms with Gasteiger partial charge in [-0.15, -0.1) is 0 Å². The monoisotopic (exact) mass is 451 g/mol. The summed E-state index contributed by atoms with van der Waals surface area (Å²) in [6.45, 7) is 3.51. The second-order valence-corrected chi connectivity index (χ2v) is 7.00. The third-order valence-corrected chi connectivity index (χ3v) is 4.91. The number of rotatable bonds is 5. The van der Waals surface area contributed by atoms with E-state index in [4.69, 9.17) is 22.2 Å². The van der Waals surface area contributed by atoms with Crippen molar-refractivity contribution in [1.82, 2.24) is 5.01 Å². The molecule has 0 saturated heterocycles. The number of hydrazone groups is 2. The average molecular weight is 452 g/mol. The van der Waals surface area contributed by atoms with Crippen LogP contribution in [0, 0.1) is 0 Å². The largest absolute Gasteiger partial charge is 0.505 e. The summed E-state index contributed by atoms with van der Waals surface area (Å²) in [5, 5.41) is 20.8. The molecule has 0 aromatic heterocycles. The Morgan fingerprint density at radius 1 is 1.19 bits per heavy atom. The number of methoxy groups -OCH3 is 1. The minimum atomic E-state index is -0.708. The Labute approximate surface area is 190 Å².